The maximum Gasteiger partial charge on any atom is 0.0520 e. The van der Waals surface area contributed by atoms with Crippen LogP contribution in [0.15, 0.2) is 4.99 Å². The Balaban J connectivity index is 3.89. The Morgan fingerprint density at radius 1 is 1.23 bits per heavy atom. The van der Waals surface area contributed by atoms with Crippen LogP contribution in [0.3, 0.4) is 0 Å². The standard InChI is InChI=1S/C12H25N/c1-6-8-9-11(7-2)10-13-12(3,4)5/h10-11H,6-9H2,1-5H3. The van der Waals surface area contributed by atoms with Crippen molar-refractivity contribution in [1.29, 1.82) is 0 Å². The summed E-state index contributed by atoms with van der Waals surface area (Å²) in [5.41, 5.74) is 0.0969. The van der Waals surface area contributed by atoms with E-state index in [1.54, 1.807) is 0 Å². The largest absolute Gasteiger partial charge is 0.291 e. The first kappa shape index (κ1) is 12.7. The Morgan fingerprint density at radius 3 is 2.23 bits per heavy atom. The molecule has 0 spiro atoms. The summed E-state index contributed by atoms with van der Waals surface area (Å²) >= 11 is 0. The summed E-state index contributed by atoms with van der Waals surface area (Å²) in [6.45, 7) is 10.9. The molecule has 0 aromatic heterocycles. The summed E-state index contributed by atoms with van der Waals surface area (Å²) in [4.78, 5) is 4.56. The first-order valence-corrected chi connectivity index (χ1v) is 5.55. The SMILES string of the molecule is CCCCC(C=NC(C)(C)C)CC. The van der Waals surface area contributed by atoms with Crippen molar-refractivity contribution in [2.75, 3.05) is 0 Å². The minimum Gasteiger partial charge on any atom is -0.291 e. The Hall–Kier alpha value is -0.330. The zero-order valence-corrected chi connectivity index (χ0v) is 9.93. The van der Waals surface area contributed by atoms with Crippen molar-refractivity contribution >= 4 is 6.21 Å². The topological polar surface area (TPSA) is 12.4 Å². The van der Waals surface area contributed by atoms with Crippen LogP contribution in [-0.4, -0.2) is 11.8 Å². The molecule has 0 aromatic rings. The van der Waals surface area contributed by atoms with Gasteiger partial charge in [-0.15, -0.1) is 0 Å². The highest BCUT2D eigenvalue weighted by Crippen LogP contribution is 2.13. The predicted octanol–water partition coefficient (Wildman–Crippen LogP) is 4.07. The van der Waals surface area contributed by atoms with E-state index >= 15 is 0 Å². The van der Waals surface area contributed by atoms with E-state index in [2.05, 4.69) is 45.8 Å². The zero-order valence-electron chi connectivity index (χ0n) is 9.93. The van der Waals surface area contributed by atoms with Gasteiger partial charge in [0.25, 0.3) is 0 Å². The Labute approximate surface area is 83.6 Å². The van der Waals surface area contributed by atoms with E-state index in [1.165, 1.54) is 25.7 Å². The van der Waals surface area contributed by atoms with Gasteiger partial charge in [-0.3, -0.25) is 4.99 Å². The molecule has 13 heavy (non-hydrogen) atoms. The smallest absolute Gasteiger partial charge is 0.0520 e. The first-order chi connectivity index (χ1) is 5.99. The Bertz CT molecular complexity index is 142. The minimum atomic E-state index is 0.0969. The van der Waals surface area contributed by atoms with Gasteiger partial charge in [-0.25, -0.2) is 0 Å². The number of aliphatic imine (C=N–C) groups is 1. The van der Waals surface area contributed by atoms with Crippen molar-refractivity contribution in [3.05, 3.63) is 0 Å². The van der Waals surface area contributed by atoms with E-state index in [0.717, 1.165) is 0 Å². The quantitative estimate of drug-likeness (QED) is 0.570. The van der Waals surface area contributed by atoms with Gasteiger partial charge in [0.2, 0.25) is 0 Å². The van der Waals surface area contributed by atoms with Gasteiger partial charge < -0.3 is 0 Å². The second-order valence-electron chi connectivity index (χ2n) is 4.76. The van der Waals surface area contributed by atoms with Crippen LogP contribution >= 0.6 is 0 Å². The highest BCUT2D eigenvalue weighted by Gasteiger charge is 2.07. The molecule has 0 saturated heterocycles. The molecule has 1 unspecified atom stereocenters. The third-order valence-corrected chi connectivity index (χ3v) is 2.13. The lowest BCUT2D eigenvalue weighted by Gasteiger charge is -2.14. The van der Waals surface area contributed by atoms with E-state index in [0.29, 0.717) is 5.92 Å². The van der Waals surface area contributed by atoms with Crippen LogP contribution in [0.1, 0.15) is 60.3 Å². The number of rotatable bonds is 5. The van der Waals surface area contributed by atoms with E-state index in [1.807, 2.05) is 0 Å². The van der Waals surface area contributed by atoms with Gasteiger partial charge in [-0.05, 0) is 39.5 Å². The zero-order chi connectivity index (χ0) is 10.3. The normalized spacial score (nSPS) is 15.2. The van der Waals surface area contributed by atoms with E-state index in [-0.39, 0.29) is 5.54 Å². The molecule has 78 valence electrons. The van der Waals surface area contributed by atoms with Crippen LogP contribution in [0.2, 0.25) is 0 Å². The minimum absolute atomic E-state index is 0.0969. The molecule has 1 nitrogen and oxygen atoms in total. The second-order valence-corrected chi connectivity index (χ2v) is 4.76. The first-order valence-electron chi connectivity index (χ1n) is 5.55. The molecule has 0 aromatic carbocycles. The van der Waals surface area contributed by atoms with Gasteiger partial charge in [0.1, 0.15) is 0 Å². The van der Waals surface area contributed by atoms with Crippen LogP contribution in [0.25, 0.3) is 0 Å². The van der Waals surface area contributed by atoms with Gasteiger partial charge in [-0.2, -0.15) is 0 Å². The molecule has 0 rings (SSSR count). The molecule has 0 aliphatic heterocycles. The molecule has 0 radical (unpaired) electrons. The molecule has 0 heterocycles. The maximum atomic E-state index is 4.56. The van der Waals surface area contributed by atoms with Gasteiger partial charge in [0.15, 0.2) is 0 Å². The molecular formula is C12H25N. The molecule has 0 bridgehead atoms. The summed E-state index contributed by atoms with van der Waals surface area (Å²) in [5, 5.41) is 0. The van der Waals surface area contributed by atoms with Crippen molar-refractivity contribution in [2.45, 2.75) is 65.8 Å². The van der Waals surface area contributed by atoms with Crippen molar-refractivity contribution in [2.24, 2.45) is 10.9 Å². The lowest BCUT2D eigenvalue weighted by atomic mass is 10.0. The fraction of sp³-hybridized carbons (Fsp3) is 0.917. The second kappa shape index (κ2) is 6.17. The van der Waals surface area contributed by atoms with Crippen molar-refractivity contribution < 1.29 is 0 Å². The summed E-state index contributed by atoms with van der Waals surface area (Å²) in [5.74, 6) is 0.694. The van der Waals surface area contributed by atoms with Crippen molar-refractivity contribution in [3.63, 3.8) is 0 Å². The summed E-state index contributed by atoms with van der Waals surface area (Å²) < 4.78 is 0. The highest BCUT2D eigenvalue weighted by atomic mass is 14.8. The van der Waals surface area contributed by atoms with E-state index in [4.69, 9.17) is 0 Å². The Morgan fingerprint density at radius 2 is 1.85 bits per heavy atom. The maximum absolute atomic E-state index is 4.56. The van der Waals surface area contributed by atoms with Crippen LogP contribution in [0.4, 0.5) is 0 Å². The van der Waals surface area contributed by atoms with Crippen LogP contribution < -0.4 is 0 Å². The molecule has 1 heteroatoms. The lowest BCUT2D eigenvalue weighted by molar-refractivity contribution is 0.549. The van der Waals surface area contributed by atoms with Crippen molar-refractivity contribution in [1.82, 2.24) is 0 Å². The number of nitrogens with zero attached hydrogens (tertiary/aromatic N) is 1. The molecule has 0 fully saturated rings. The van der Waals surface area contributed by atoms with Gasteiger partial charge in [0, 0.05) is 6.21 Å². The fourth-order valence-electron chi connectivity index (χ4n) is 1.18. The summed E-state index contributed by atoms with van der Waals surface area (Å²) in [6, 6.07) is 0. The molecule has 0 N–H and O–H groups in total. The summed E-state index contributed by atoms with van der Waals surface area (Å²) in [7, 11) is 0. The molecule has 0 aliphatic rings. The molecule has 0 saturated carbocycles. The molecule has 1 atom stereocenters. The van der Waals surface area contributed by atoms with E-state index in [9.17, 15) is 0 Å². The lowest BCUT2D eigenvalue weighted by Crippen LogP contribution is -2.12. The fourth-order valence-corrected chi connectivity index (χ4v) is 1.18. The molecule has 0 aliphatic carbocycles. The monoisotopic (exact) mass is 183 g/mol. The Kier molecular flexibility index (Phi) is 6.02. The highest BCUT2D eigenvalue weighted by molar-refractivity contribution is 5.61. The van der Waals surface area contributed by atoms with Gasteiger partial charge >= 0.3 is 0 Å². The van der Waals surface area contributed by atoms with Gasteiger partial charge in [-0.1, -0.05) is 26.7 Å². The van der Waals surface area contributed by atoms with Crippen molar-refractivity contribution in [3.8, 4) is 0 Å². The predicted molar refractivity (Wildman–Crippen MR) is 61.6 cm³/mol. The van der Waals surface area contributed by atoms with Crippen LogP contribution in [0, 0.1) is 5.92 Å². The van der Waals surface area contributed by atoms with Gasteiger partial charge in [0.05, 0.1) is 5.54 Å². The molecule has 0 amide bonds. The number of hydrogen-bond donors (Lipinski definition) is 0. The third-order valence-electron chi connectivity index (χ3n) is 2.13. The number of hydrogen-bond acceptors (Lipinski definition) is 1. The third kappa shape index (κ3) is 8.01. The average Bonchev–Trinajstić information content (AvgIpc) is 2.03. The average molecular weight is 183 g/mol. The van der Waals surface area contributed by atoms with Crippen LogP contribution in [0.5, 0.6) is 0 Å². The molecular weight excluding hydrogens is 158 g/mol. The number of unbranched alkanes of at least 4 members (excludes halogenated alkanes) is 1. The van der Waals surface area contributed by atoms with Crippen LogP contribution in [-0.2, 0) is 0 Å². The van der Waals surface area contributed by atoms with E-state index < -0.39 is 0 Å². The summed E-state index contributed by atoms with van der Waals surface area (Å²) in [6.07, 6.45) is 7.30.